The molecular weight excluding hydrogens is 282 g/mol. The Morgan fingerprint density at radius 1 is 1.09 bits per heavy atom. The summed E-state index contributed by atoms with van der Waals surface area (Å²) < 4.78 is 5.12. The second-order valence-electron chi connectivity index (χ2n) is 5.20. The topological polar surface area (TPSA) is 80.1 Å². The van der Waals surface area contributed by atoms with Crippen molar-refractivity contribution in [1.82, 2.24) is 5.32 Å². The number of nitrogens with one attached hydrogen (secondary N) is 1. The third kappa shape index (κ3) is 6.97. The largest absolute Gasteiger partial charge is 0.461 e. The molecule has 1 heterocycles. The zero-order valence-electron chi connectivity index (χ0n) is 12.5. The maximum Gasteiger partial charge on any atom is 0.306 e. The molecule has 22 heavy (non-hydrogen) atoms. The van der Waals surface area contributed by atoms with Gasteiger partial charge in [0.15, 0.2) is 6.17 Å². The fraction of sp³-hybridized carbons (Fsp3) is 0.500. The first-order valence-corrected chi connectivity index (χ1v) is 7.60. The van der Waals surface area contributed by atoms with Crippen molar-refractivity contribution < 1.29 is 14.3 Å². The molecule has 0 saturated carbocycles. The van der Waals surface area contributed by atoms with E-state index in [0.29, 0.717) is 6.54 Å². The zero-order chi connectivity index (χ0) is 15.6. The summed E-state index contributed by atoms with van der Waals surface area (Å²) in [6.07, 6.45) is 3.35. The van der Waals surface area contributed by atoms with E-state index in [4.69, 9.17) is 4.74 Å². The molecule has 6 nitrogen and oxygen atoms in total. The molecule has 0 aliphatic carbocycles. The van der Waals surface area contributed by atoms with Gasteiger partial charge in [-0.3, -0.25) is 9.59 Å². The number of hydrogen-bond acceptors (Lipinski definition) is 5. The van der Waals surface area contributed by atoms with Crippen molar-refractivity contribution >= 4 is 11.9 Å². The number of hydrogen-bond donors (Lipinski definition) is 1. The fourth-order valence-corrected chi connectivity index (χ4v) is 1.96. The van der Waals surface area contributed by atoms with E-state index in [2.05, 4.69) is 15.5 Å². The van der Waals surface area contributed by atoms with E-state index < -0.39 is 0 Å². The Balaban J connectivity index is 1.47. The Labute approximate surface area is 130 Å². The molecule has 0 atom stereocenters. The average Bonchev–Trinajstić information content (AvgIpc) is 3.36. The summed E-state index contributed by atoms with van der Waals surface area (Å²) >= 11 is 0. The van der Waals surface area contributed by atoms with Gasteiger partial charge in [-0.25, -0.2) is 0 Å². The van der Waals surface area contributed by atoms with E-state index in [1.807, 2.05) is 30.3 Å². The number of carbonyl (C=O) groups is 2. The quantitative estimate of drug-likeness (QED) is 0.533. The van der Waals surface area contributed by atoms with Crippen LogP contribution < -0.4 is 5.32 Å². The number of esters is 1. The predicted molar refractivity (Wildman–Crippen MR) is 81.0 cm³/mol. The van der Waals surface area contributed by atoms with Gasteiger partial charge < -0.3 is 10.1 Å². The minimum Gasteiger partial charge on any atom is -0.461 e. The lowest BCUT2D eigenvalue weighted by molar-refractivity contribution is -0.146. The summed E-state index contributed by atoms with van der Waals surface area (Å²) in [5.41, 5.74) is 0.939. The first kappa shape index (κ1) is 16.1. The highest BCUT2D eigenvalue weighted by atomic mass is 16.5. The van der Waals surface area contributed by atoms with Crippen LogP contribution >= 0.6 is 0 Å². The van der Waals surface area contributed by atoms with Crippen LogP contribution in [0, 0.1) is 0 Å². The van der Waals surface area contributed by atoms with Gasteiger partial charge in [0, 0.05) is 13.0 Å². The third-order valence-electron chi connectivity index (χ3n) is 3.29. The van der Waals surface area contributed by atoms with Gasteiger partial charge in [0.25, 0.3) is 0 Å². The Bertz CT molecular complexity index is 511. The van der Waals surface area contributed by atoms with Crippen LogP contribution in [0.3, 0.4) is 0 Å². The Morgan fingerprint density at radius 3 is 2.59 bits per heavy atom. The molecule has 0 unspecified atom stereocenters. The standard InChI is InChI=1S/C16H21N3O3/c20-15(17-11-5-4-8-14-18-19-14)9-10-16(21)22-12-13-6-2-1-3-7-13/h1-3,6-7,14H,4-5,8-12H2,(H,17,20). The molecular formula is C16H21N3O3. The minimum atomic E-state index is -0.351. The van der Waals surface area contributed by atoms with Gasteiger partial charge in [-0.05, 0) is 24.8 Å². The molecule has 1 aromatic rings. The second kappa shape index (κ2) is 8.92. The molecule has 0 fully saturated rings. The summed E-state index contributed by atoms with van der Waals surface area (Å²) in [5, 5.41) is 10.4. The van der Waals surface area contributed by atoms with Crippen LogP contribution in [0.5, 0.6) is 0 Å². The van der Waals surface area contributed by atoms with E-state index >= 15 is 0 Å². The summed E-state index contributed by atoms with van der Waals surface area (Å²) in [6, 6.07) is 9.47. The summed E-state index contributed by atoms with van der Waals surface area (Å²) in [6.45, 7) is 0.878. The molecule has 0 saturated heterocycles. The van der Waals surface area contributed by atoms with Crippen LogP contribution in [-0.4, -0.2) is 24.6 Å². The van der Waals surface area contributed by atoms with Crippen molar-refractivity contribution in [2.45, 2.75) is 44.9 Å². The predicted octanol–water partition coefficient (Wildman–Crippen LogP) is 2.59. The second-order valence-corrected chi connectivity index (χ2v) is 5.20. The molecule has 0 radical (unpaired) electrons. The van der Waals surface area contributed by atoms with Gasteiger partial charge in [0.05, 0.1) is 6.42 Å². The fourth-order valence-electron chi connectivity index (χ4n) is 1.96. The van der Waals surface area contributed by atoms with E-state index in [-0.39, 0.29) is 37.5 Å². The third-order valence-corrected chi connectivity index (χ3v) is 3.29. The van der Waals surface area contributed by atoms with Crippen LogP contribution in [0.4, 0.5) is 0 Å². The van der Waals surface area contributed by atoms with E-state index in [9.17, 15) is 9.59 Å². The molecule has 0 bridgehead atoms. The number of unbranched alkanes of at least 4 members (excludes halogenated alkanes) is 1. The molecule has 118 valence electrons. The number of ether oxygens (including phenoxy) is 1. The number of nitrogens with zero attached hydrogens (tertiary/aromatic N) is 2. The van der Waals surface area contributed by atoms with Crippen LogP contribution in [0.1, 0.15) is 37.7 Å². The molecule has 6 heteroatoms. The first-order valence-electron chi connectivity index (χ1n) is 7.60. The van der Waals surface area contributed by atoms with Gasteiger partial charge in [-0.1, -0.05) is 30.3 Å². The van der Waals surface area contributed by atoms with Crippen LogP contribution in [-0.2, 0) is 20.9 Å². The highest BCUT2D eigenvalue weighted by Crippen LogP contribution is 2.16. The zero-order valence-corrected chi connectivity index (χ0v) is 12.5. The number of rotatable bonds is 10. The molecule has 1 amide bonds. The van der Waals surface area contributed by atoms with Crippen LogP contribution in [0.25, 0.3) is 0 Å². The smallest absolute Gasteiger partial charge is 0.306 e. The molecule has 1 aliphatic rings. The lowest BCUT2D eigenvalue weighted by atomic mass is 10.2. The lowest BCUT2D eigenvalue weighted by Crippen LogP contribution is -2.25. The van der Waals surface area contributed by atoms with Gasteiger partial charge in [0.2, 0.25) is 5.91 Å². The maximum absolute atomic E-state index is 11.6. The molecule has 2 rings (SSSR count). The van der Waals surface area contributed by atoms with Gasteiger partial charge in [-0.15, -0.1) is 0 Å². The van der Waals surface area contributed by atoms with Crippen LogP contribution in [0.2, 0.25) is 0 Å². The molecule has 0 spiro atoms. The van der Waals surface area contributed by atoms with Crippen molar-refractivity contribution in [3.63, 3.8) is 0 Å². The lowest BCUT2D eigenvalue weighted by Gasteiger charge is -2.06. The monoisotopic (exact) mass is 303 g/mol. The van der Waals surface area contributed by atoms with Gasteiger partial charge >= 0.3 is 5.97 Å². The summed E-state index contributed by atoms with van der Waals surface area (Å²) in [5.74, 6) is -0.464. The Hall–Kier alpha value is -2.24. The van der Waals surface area contributed by atoms with Crippen molar-refractivity contribution in [1.29, 1.82) is 0 Å². The normalized spacial score (nSPS) is 12.9. The van der Waals surface area contributed by atoms with Crippen molar-refractivity contribution in [2.75, 3.05) is 6.54 Å². The Kier molecular flexibility index (Phi) is 6.54. The maximum atomic E-state index is 11.6. The number of amides is 1. The highest BCUT2D eigenvalue weighted by Gasteiger charge is 2.14. The SMILES string of the molecule is O=C(CCC(=O)OCc1ccccc1)NCCCCC1N=N1. The first-order chi connectivity index (χ1) is 10.7. The van der Waals surface area contributed by atoms with Gasteiger partial charge in [0.1, 0.15) is 6.61 Å². The van der Waals surface area contributed by atoms with Crippen molar-refractivity contribution in [3.05, 3.63) is 35.9 Å². The minimum absolute atomic E-state index is 0.110. The van der Waals surface area contributed by atoms with E-state index in [1.165, 1.54) is 0 Å². The summed E-state index contributed by atoms with van der Waals surface area (Å²) in [7, 11) is 0. The molecule has 1 aromatic carbocycles. The summed E-state index contributed by atoms with van der Waals surface area (Å²) in [4.78, 5) is 23.1. The molecule has 0 aromatic heterocycles. The number of carbonyl (C=O) groups excluding carboxylic acids is 2. The van der Waals surface area contributed by atoms with Crippen LogP contribution in [0.15, 0.2) is 40.6 Å². The van der Waals surface area contributed by atoms with Crippen molar-refractivity contribution in [3.8, 4) is 0 Å². The van der Waals surface area contributed by atoms with E-state index in [1.54, 1.807) is 0 Å². The molecule has 1 aliphatic heterocycles. The highest BCUT2D eigenvalue weighted by molar-refractivity contribution is 5.81. The van der Waals surface area contributed by atoms with Gasteiger partial charge in [-0.2, -0.15) is 10.2 Å². The average molecular weight is 303 g/mol. The Morgan fingerprint density at radius 2 is 1.86 bits per heavy atom. The van der Waals surface area contributed by atoms with E-state index in [0.717, 1.165) is 24.8 Å². The number of benzene rings is 1. The van der Waals surface area contributed by atoms with Crippen molar-refractivity contribution in [2.24, 2.45) is 10.2 Å². The molecule has 1 N–H and O–H groups in total.